The highest BCUT2D eigenvalue weighted by Crippen LogP contribution is 2.35. The van der Waals surface area contributed by atoms with Crippen molar-refractivity contribution in [3.05, 3.63) is 224 Å². The molecular weight excluding hydrogens is 747 g/mol. The first-order valence-electron chi connectivity index (χ1n) is 20.3. The molecule has 0 amide bonds. The number of fused-ring (bicyclic) bond motifs is 4. The molecule has 0 saturated heterocycles. The highest BCUT2D eigenvalue weighted by atomic mass is 28.3. The quantitative estimate of drug-likeness (QED) is 0.114. The minimum absolute atomic E-state index is 0.603. The molecule has 0 aliphatic rings. The molecular formula is C55H37N3OSi. The third-order valence-electron chi connectivity index (χ3n) is 11.6. The summed E-state index contributed by atoms with van der Waals surface area (Å²) in [5, 5.41) is 9.55. The number of aromatic nitrogens is 3. The molecule has 4 nitrogen and oxygen atoms in total. The van der Waals surface area contributed by atoms with Crippen molar-refractivity contribution < 1.29 is 4.42 Å². The second-order valence-electron chi connectivity index (χ2n) is 15.2. The molecule has 2 heterocycles. The molecule has 0 N–H and O–H groups in total. The predicted molar refractivity (Wildman–Crippen MR) is 250 cm³/mol. The zero-order valence-electron chi connectivity index (χ0n) is 32.6. The van der Waals surface area contributed by atoms with Crippen molar-refractivity contribution >= 4 is 61.5 Å². The van der Waals surface area contributed by atoms with Crippen LogP contribution in [-0.2, 0) is 0 Å². The Labute approximate surface area is 349 Å². The van der Waals surface area contributed by atoms with E-state index in [1.807, 2.05) is 24.3 Å². The standard InChI is InChI=1S/C55H37N3OSi/c1-5-17-38(18-6-1)40-23-15-29-47(33-40)60(45-25-9-3-10-26-45,46-27-11-4-12-28-46)48-30-16-24-43(34-48)54-56-53(39-19-7-2-8-20-39)57-55(58-54)44-31-32-51-49(36-44)50-35-41-21-13-14-22-42(41)37-52(50)59-51/h1-37H. The zero-order chi connectivity index (χ0) is 39.9. The molecule has 0 saturated carbocycles. The van der Waals surface area contributed by atoms with Crippen molar-refractivity contribution in [3.8, 4) is 45.3 Å². The second kappa shape index (κ2) is 14.9. The van der Waals surface area contributed by atoms with Crippen molar-refractivity contribution in [1.82, 2.24) is 15.0 Å². The van der Waals surface area contributed by atoms with Crippen LogP contribution in [0.2, 0.25) is 0 Å². The van der Waals surface area contributed by atoms with Crippen LogP contribution in [0.5, 0.6) is 0 Å². The number of hydrogen-bond donors (Lipinski definition) is 0. The Kier molecular flexibility index (Phi) is 8.79. The summed E-state index contributed by atoms with van der Waals surface area (Å²) in [6, 6.07) is 79.9. The first-order chi connectivity index (χ1) is 29.7. The van der Waals surface area contributed by atoms with Crippen LogP contribution in [0.1, 0.15) is 0 Å². The van der Waals surface area contributed by atoms with Crippen molar-refractivity contribution in [2.24, 2.45) is 0 Å². The Hall–Kier alpha value is -7.73. The summed E-state index contributed by atoms with van der Waals surface area (Å²) in [6.07, 6.45) is 0. The summed E-state index contributed by atoms with van der Waals surface area (Å²) in [4.78, 5) is 15.6. The van der Waals surface area contributed by atoms with Gasteiger partial charge in [0.2, 0.25) is 0 Å². The number of benzene rings is 9. The van der Waals surface area contributed by atoms with Gasteiger partial charge in [-0.25, -0.2) is 15.0 Å². The van der Waals surface area contributed by atoms with Gasteiger partial charge in [-0.3, -0.25) is 0 Å². The molecule has 0 atom stereocenters. The molecule has 0 bridgehead atoms. The van der Waals surface area contributed by atoms with Gasteiger partial charge >= 0.3 is 0 Å². The normalized spacial score (nSPS) is 11.7. The number of hydrogen-bond acceptors (Lipinski definition) is 4. The van der Waals surface area contributed by atoms with E-state index in [-0.39, 0.29) is 0 Å². The Balaban J connectivity index is 1.12. The number of furan rings is 1. The fourth-order valence-electron chi connectivity index (χ4n) is 8.78. The van der Waals surface area contributed by atoms with E-state index in [4.69, 9.17) is 19.4 Å². The molecule has 11 aromatic rings. The van der Waals surface area contributed by atoms with E-state index in [0.29, 0.717) is 17.5 Å². The Morgan fingerprint density at radius 2 is 0.717 bits per heavy atom. The van der Waals surface area contributed by atoms with Crippen LogP contribution in [0.4, 0.5) is 0 Å². The molecule has 0 fully saturated rings. The fourth-order valence-corrected chi connectivity index (χ4v) is 13.6. The van der Waals surface area contributed by atoms with Gasteiger partial charge in [0.1, 0.15) is 11.2 Å². The van der Waals surface area contributed by atoms with Gasteiger partial charge in [-0.05, 0) is 73.0 Å². The van der Waals surface area contributed by atoms with E-state index in [1.54, 1.807) is 0 Å². The summed E-state index contributed by atoms with van der Waals surface area (Å²) < 4.78 is 6.38. The monoisotopic (exact) mass is 783 g/mol. The first-order valence-corrected chi connectivity index (χ1v) is 22.3. The molecule has 0 radical (unpaired) electrons. The maximum atomic E-state index is 6.38. The summed E-state index contributed by atoms with van der Waals surface area (Å²) in [6.45, 7) is 0. The number of rotatable bonds is 8. The number of nitrogens with zero attached hydrogens (tertiary/aromatic N) is 3. The molecule has 5 heteroatoms. The van der Waals surface area contributed by atoms with Gasteiger partial charge in [0, 0.05) is 27.5 Å². The van der Waals surface area contributed by atoms with Gasteiger partial charge in [-0.1, -0.05) is 194 Å². The van der Waals surface area contributed by atoms with E-state index < -0.39 is 8.07 Å². The molecule has 11 rings (SSSR count). The average molecular weight is 784 g/mol. The average Bonchev–Trinajstić information content (AvgIpc) is 3.69. The summed E-state index contributed by atoms with van der Waals surface area (Å²) in [7, 11) is -2.93. The van der Waals surface area contributed by atoms with Crippen LogP contribution in [0, 0.1) is 0 Å². The molecule has 0 aliphatic carbocycles. The lowest BCUT2D eigenvalue weighted by Gasteiger charge is -2.35. The van der Waals surface area contributed by atoms with Gasteiger partial charge < -0.3 is 4.42 Å². The Morgan fingerprint density at radius 1 is 0.283 bits per heavy atom. The maximum absolute atomic E-state index is 6.38. The second-order valence-corrected chi connectivity index (χ2v) is 19.0. The van der Waals surface area contributed by atoms with E-state index in [9.17, 15) is 0 Å². The molecule has 9 aromatic carbocycles. The van der Waals surface area contributed by atoms with Crippen molar-refractivity contribution in [2.45, 2.75) is 0 Å². The zero-order valence-corrected chi connectivity index (χ0v) is 33.6. The minimum Gasteiger partial charge on any atom is -0.456 e. The lowest BCUT2D eigenvalue weighted by atomic mass is 10.0. The topological polar surface area (TPSA) is 51.8 Å². The Bertz CT molecular complexity index is 3270. The molecule has 0 unspecified atom stereocenters. The fraction of sp³-hybridized carbons (Fsp3) is 0. The lowest BCUT2D eigenvalue weighted by molar-refractivity contribution is 0.669. The third kappa shape index (κ3) is 6.20. The minimum atomic E-state index is -2.93. The maximum Gasteiger partial charge on any atom is 0.179 e. The van der Waals surface area contributed by atoms with E-state index in [2.05, 4.69) is 200 Å². The van der Waals surface area contributed by atoms with Crippen LogP contribution in [0.3, 0.4) is 0 Å². The van der Waals surface area contributed by atoms with E-state index in [0.717, 1.165) is 44.0 Å². The largest absolute Gasteiger partial charge is 0.456 e. The molecule has 0 aliphatic heterocycles. The van der Waals surface area contributed by atoms with Crippen molar-refractivity contribution in [3.63, 3.8) is 0 Å². The van der Waals surface area contributed by atoms with Crippen LogP contribution < -0.4 is 20.7 Å². The van der Waals surface area contributed by atoms with Crippen molar-refractivity contribution in [1.29, 1.82) is 0 Å². The molecule has 0 spiro atoms. The van der Waals surface area contributed by atoms with Crippen LogP contribution in [0.25, 0.3) is 78.0 Å². The molecule has 2 aromatic heterocycles. The summed E-state index contributed by atoms with van der Waals surface area (Å²) in [5.41, 5.74) is 6.82. The van der Waals surface area contributed by atoms with E-state index >= 15 is 0 Å². The van der Waals surface area contributed by atoms with E-state index in [1.165, 1.54) is 37.3 Å². The first kappa shape index (κ1) is 35.4. The highest BCUT2D eigenvalue weighted by Gasteiger charge is 2.41. The SMILES string of the molecule is c1ccc(-c2cccc([Si](c3ccccc3)(c3ccccc3)c3cccc(-c4nc(-c5ccccc5)nc(-c5ccc6oc7cc8ccccc8cc7c6c5)n4)c3)c2)cc1. The smallest absolute Gasteiger partial charge is 0.179 e. The van der Waals surface area contributed by atoms with Crippen LogP contribution in [0.15, 0.2) is 229 Å². The van der Waals surface area contributed by atoms with Crippen molar-refractivity contribution in [2.75, 3.05) is 0 Å². The Morgan fingerprint density at radius 3 is 1.33 bits per heavy atom. The van der Waals surface area contributed by atoms with Gasteiger partial charge in [0.15, 0.2) is 25.5 Å². The lowest BCUT2D eigenvalue weighted by Crippen LogP contribution is -2.74. The third-order valence-corrected chi connectivity index (χ3v) is 16.4. The summed E-state index contributed by atoms with van der Waals surface area (Å²) >= 11 is 0. The predicted octanol–water partition coefficient (Wildman–Crippen LogP) is 11.0. The van der Waals surface area contributed by atoms with Gasteiger partial charge in [0.05, 0.1) is 0 Å². The molecule has 282 valence electrons. The highest BCUT2D eigenvalue weighted by molar-refractivity contribution is 7.20. The van der Waals surface area contributed by atoms with Crippen LogP contribution in [-0.4, -0.2) is 23.0 Å². The summed E-state index contributed by atoms with van der Waals surface area (Å²) in [5.74, 6) is 1.84. The molecule has 60 heavy (non-hydrogen) atoms. The van der Waals surface area contributed by atoms with Gasteiger partial charge in [-0.2, -0.15) is 0 Å². The van der Waals surface area contributed by atoms with Gasteiger partial charge in [-0.15, -0.1) is 0 Å². The van der Waals surface area contributed by atoms with Crippen LogP contribution >= 0.6 is 0 Å². The van der Waals surface area contributed by atoms with Gasteiger partial charge in [0.25, 0.3) is 0 Å².